The lowest BCUT2D eigenvalue weighted by Gasteiger charge is -2.20. The first kappa shape index (κ1) is 21.9. The van der Waals surface area contributed by atoms with Crippen molar-refractivity contribution in [2.24, 2.45) is 0 Å². The molecule has 0 saturated heterocycles. The van der Waals surface area contributed by atoms with Crippen LogP contribution in [0.25, 0.3) is 17.2 Å². The van der Waals surface area contributed by atoms with Gasteiger partial charge in [-0.2, -0.15) is 0 Å². The molecule has 1 fully saturated rings. The molecule has 0 aliphatic heterocycles. The third-order valence-corrected chi connectivity index (χ3v) is 6.54. The Bertz CT molecular complexity index is 1120. The molecule has 1 amide bonds. The van der Waals surface area contributed by atoms with Crippen molar-refractivity contribution in [2.45, 2.75) is 60.0 Å². The molecule has 0 radical (unpaired) electrons. The molecule has 0 unspecified atom stereocenters. The Labute approximate surface area is 190 Å². The summed E-state index contributed by atoms with van der Waals surface area (Å²) in [6.45, 7) is 11.2. The first-order valence-corrected chi connectivity index (χ1v) is 11.3. The van der Waals surface area contributed by atoms with Crippen molar-refractivity contribution in [3.05, 3.63) is 81.8 Å². The number of amides is 1. The van der Waals surface area contributed by atoms with E-state index in [1.165, 1.54) is 33.4 Å². The molecule has 166 valence electrons. The van der Waals surface area contributed by atoms with E-state index in [9.17, 15) is 4.79 Å². The molecular formula is C28H32N2O2. The van der Waals surface area contributed by atoms with E-state index in [2.05, 4.69) is 62.6 Å². The van der Waals surface area contributed by atoms with E-state index in [4.69, 9.17) is 4.42 Å². The number of anilines is 1. The van der Waals surface area contributed by atoms with Crippen LogP contribution in [0.15, 0.2) is 52.7 Å². The van der Waals surface area contributed by atoms with E-state index in [0.29, 0.717) is 12.6 Å². The van der Waals surface area contributed by atoms with Crippen molar-refractivity contribution < 1.29 is 9.21 Å². The molecule has 2 aromatic carbocycles. The van der Waals surface area contributed by atoms with Crippen molar-refractivity contribution >= 4 is 17.7 Å². The van der Waals surface area contributed by atoms with Gasteiger partial charge in [0.1, 0.15) is 5.76 Å². The summed E-state index contributed by atoms with van der Waals surface area (Å²) in [5.41, 5.74) is 10.4. The van der Waals surface area contributed by atoms with E-state index in [0.717, 1.165) is 35.4 Å². The number of hydrogen-bond acceptors (Lipinski definition) is 3. The fourth-order valence-electron chi connectivity index (χ4n) is 4.16. The zero-order chi connectivity index (χ0) is 22.8. The number of hydrogen-bond donors (Lipinski definition) is 2. The summed E-state index contributed by atoms with van der Waals surface area (Å²) in [6, 6.07) is 12.8. The number of benzene rings is 2. The average molecular weight is 429 g/mol. The Kier molecular flexibility index (Phi) is 6.22. The normalized spacial score (nSPS) is 13.8. The average Bonchev–Trinajstić information content (AvgIpc) is 3.44. The van der Waals surface area contributed by atoms with Crippen LogP contribution in [0.4, 0.5) is 5.69 Å². The van der Waals surface area contributed by atoms with Gasteiger partial charge in [-0.3, -0.25) is 4.79 Å². The Hall–Kier alpha value is -3.27. The third kappa shape index (κ3) is 4.64. The summed E-state index contributed by atoms with van der Waals surface area (Å²) >= 11 is 0. The SMILES string of the molecule is C/C(=C\c1c(C)c(C)c(-c2ccc(NCc3ccco3)cc2)c(C)c1C)C(=O)NC1CC1. The second-order valence-electron chi connectivity index (χ2n) is 8.87. The van der Waals surface area contributed by atoms with E-state index in [-0.39, 0.29) is 5.91 Å². The van der Waals surface area contributed by atoms with Gasteiger partial charge < -0.3 is 15.1 Å². The summed E-state index contributed by atoms with van der Waals surface area (Å²) in [7, 11) is 0. The number of carbonyl (C=O) groups excluding carboxylic acids is 1. The molecule has 1 aromatic heterocycles. The van der Waals surface area contributed by atoms with E-state index >= 15 is 0 Å². The van der Waals surface area contributed by atoms with Crippen LogP contribution in [-0.2, 0) is 11.3 Å². The quantitative estimate of drug-likeness (QED) is 0.424. The highest BCUT2D eigenvalue weighted by Gasteiger charge is 2.24. The molecule has 4 heteroatoms. The monoisotopic (exact) mass is 428 g/mol. The maximum Gasteiger partial charge on any atom is 0.247 e. The molecule has 1 aliphatic carbocycles. The molecule has 4 nitrogen and oxygen atoms in total. The van der Waals surface area contributed by atoms with Gasteiger partial charge in [-0.1, -0.05) is 12.1 Å². The van der Waals surface area contributed by atoms with Gasteiger partial charge >= 0.3 is 0 Å². The Balaban J connectivity index is 1.60. The Morgan fingerprint density at radius 2 is 1.66 bits per heavy atom. The predicted molar refractivity (Wildman–Crippen MR) is 132 cm³/mol. The van der Waals surface area contributed by atoms with Crippen molar-refractivity contribution in [1.82, 2.24) is 5.32 Å². The Morgan fingerprint density at radius 1 is 1.00 bits per heavy atom. The van der Waals surface area contributed by atoms with Crippen molar-refractivity contribution in [1.29, 1.82) is 0 Å². The van der Waals surface area contributed by atoms with Crippen molar-refractivity contribution in [2.75, 3.05) is 5.32 Å². The van der Waals surface area contributed by atoms with Crippen LogP contribution in [0.2, 0.25) is 0 Å². The van der Waals surface area contributed by atoms with Gasteiger partial charge in [0.25, 0.3) is 0 Å². The highest BCUT2D eigenvalue weighted by Crippen LogP contribution is 2.36. The summed E-state index contributed by atoms with van der Waals surface area (Å²) in [4.78, 5) is 12.4. The van der Waals surface area contributed by atoms with Crippen LogP contribution >= 0.6 is 0 Å². The van der Waals surface area contributed by atoms with Gasteiger partial charge in [-0.05, 0) is 117 Å². The molecular weight excluding hydrogens is 396 g/mol. The lowest BCUT2D eigenvalue weighted by Crippen LogP contribution is -2.25. The number of furan rings is 1. The maximum atomic E-state index is 12.4. The molecule has 0 spiro atoms. The van der Waals surface area contributed by atoms with Gasteiger partial charge in [0, 0.05) is 17.3 Å². The summed E-state index contributed by atoms with van der Waals surface area (Å²) in [5, 5.41) is 6.48. The van der Waals surface area contributed by atoms with Crippen molar-refractivity contribution in [3.8, 4) is 11.1 Å². The largest absolute Gasteiger partial charge is 0.467 e. The lowest BCUT2D eigenvalue weighted by molar-refractivity contribution is -0.117. The summed E-state index contributed by atoms with van der Waals surface area (Å²) in [5.74, 6) is 0.958. The molecule has 2 N–H and O–H groups in total. The second kappa shape index (κ2) is 9.07. The van der Waals surface area contributed by atoms with Gasteiger partial charge in [-0.15, -0.1) is 0 Å². The standard InChI is InChI=1S/C28H32N2O2/c1-17(28(31)30-24-12-13-24)15-26-18(2)20(4)27(21(5)19(26)3)22-8-10-23(11-9-22)29-16-25-7-6-14-32-25/h6-11,14-15,24,29H,12-13,16H2,1-5H3,(H,30,31)/b17-15+. The van der Waals surface area contributed by atoms with Crippen LogP contribution in [0.5, 0.6) is 0 Å². The molecule has 1 saturated carbocycles. The van der Waals surface area contributed by atoms with E-state index in [1.54, 1.807) is 6.26 Å². The first-order valence-electron chi connectivity index (χ1n) is 11.3. The van der Waals surface area contributed by atoms with Gasteiger partial charge in [0.05, 0.1) is 12.8 Å². The molecule has 1 aliphatic rings. The zero-order valence-electron chi connectivity index (χ0n) is 19.6. The predicted octanol–water partition coefficient (Wildman–Crippen LogP) is 6.47. The minimum absolute atomic E-state index is 0.0447. The third-order valence-electron chi connectivity index (χ3n) is 6.54. The fraction of sp³-hybridized carbons (Fsp3) is 0.321. The zero-order valence-corrected chi connectivity index (χ0v) is 19.6. The minimum atomic E-state index is 0.0447. The van der Waals surface area contributed by atoms with Gasteiger partial charge in [0.15, 0.2) is 0 Å². The first-order chi connectivity index (χ1) is 15.3. The molecule has 3 aromatic rings. The van der Waals surface area contributed by atoms with E-state index in [1.807, 2.05) is 25.1 Å². The van der Waals surface area contributed by atoms with Crippen LogP contribution in [0.1, 0.15) is 53.3 Å². The van der Waals surface area contributed by atoms with E-state index < -0.39 is 0 Å². The van der Waals surface area contributed by atoms with Crippen LogP contribution in [0.3, 0.4) is 0 Å². The van der Waals surface area contributed by atoms with Crippen molar-refractivity contribution in [3.63, 3.8) is 0 Å². The molecule has 32 heavy (non-hydrogen) atoms. The van der Waals surface area contributed by atoms with Crippen LogP contribution < -0.4 is 10.6 Å². The summed E-state index contributed by atoms with van der Waals surface area (Å²) in [6.07, 6.45) is 5.94. The number of carbonyl (C=O) groups is 1. The lowest BCUT2D eigenvalue weighted by atomic mass is 9.85. The highest BCUT2D eigenvalue weighted by atomic mass is 16.3. The van der Waals surface area contributed by atoms with Crippen LogP contribution in [0, 0.1) is 27.7 Å². The number of rotatable bonds is 7. The fourth-order valence-corrected chi connectivity index (χ4v) is 4.16. The molecule has 1 heterocycles. The smallest absolute Gasteiger partial charge is 0.247 e. The van der Waals surface area contributed by atoms with Crippen LogP contribution in [-0.4, -0.2) is 11.9 Å². The second-order valence-corrected chi connectivity index (χ2v) is 8.87. The molecule has 0 bridgehead atoms. The maximum absolute atomic E-state index is 12.4. The topological polar surface area (TPSA) is 54.3 Å². The Morgan fingerprint density at radius 3 is 2.22 bits per heavy atom. The van der Waals surface area contributed by atoms with Gasteiger partial charge in [0.2, 0.25) is 5.91 Å². The molecule has 4 rings (SSSR count). The summed E-state index contributed by atoms with van der Waals surface area (Å²) < 4.78 is 5.39. The molecule has 0 atom stereocenters. The van der Waals surface area contributed by atoms with Gasteiger partial charge in [-0.25, -0.2) is 0 Å². The highest BCUT2D eigenvalue weighted by molar-refractivity contribution is 5.98. The minimum Gasteiger partial charge on any atom is -0.467 e. The number of nitrogens with one attached hydrogen (secondary N) is 2.